The van der Waals surface area contributed by atoms with Crippen LogP contribution < -0.4 is 0 Å². The van der Waals surface area contributed by atoms with Crippen molar-refractivity contribution in [2.75, 3.05) is 6.61 Å². The summed E-state index contributed by atoms with van der Waals surface area (Å²) in [4.78, 5) is 22.4. The number of hydrogen-bond acceptors (Lipinski definition) is 4. The molecule has 4 nitrogen and oxygen atoms in total. The van der Waals surface area contributed by atoms with Crippen molar-refractivity contribution >= 4 is 11.8 Å². The smallest absolute Gasteiger partial charge is 0.302 e. The van der Waals surface area contributed by atoms with Gasteiger partial charge in [-0.2, -0.15) is 0 Å². The van der Waals surface area contributed by atoms with E-state index in [9.17, 15) is 9.59 Å². The van der Waals surface area contributed by atoms with Crippen molar-refractivity contribution in [3.8, 4) is 0 Å². The quantitative estimate of drug-likeness (QED) is 0.577. The Bertz CT molecular complexity index is 408. The van der Waals surface area contributed by atoms with Gasteiger partial charge in [0.05, 0.1) is 6.10 Å². The van der Waals surface area contributed by atoms with E-state index in [0.717, 1.165) is 19.3 Å². The monoisotopic (exact) mass is 264 g/mol. The average Bonchev–Trinajstić information content (AvgIpc) is 2.40. The summed E-state index contributed by atoms with van der Waals surface area (Å²) in [6.07, 6.45) is 10.5. The molecule has 1 aliphatic carbocycles. The van der Waals surface area contributed by atoms with Crippen LogP contribution in [0.15, 0.2) is 23.8 Å². The number of esters is 1. The van der Waals surface area contributed by atoms with Gasteiger partial charge >= 0.3 is 5.97 Å². The summed E-state index contributed by atoms with van der Waals surface area (Å²) in [5.41, 5.74) is 1.40. The van der Waals surface area contributed by atoms with Crippen LogP contribution in [0, 0.1) is 0 Å². The minimum absolute atomic E-state index is 0.00799. The van der Waals surface area contributed by atoms with E-state index in [-0.39, 0.29) is 18.5 Å². The fraction of sp³-hybridized carbons (Fsp3) is 0.600. The largest absolute Gasteiger partial charge is 0.463 e. The number of hydrogen-bond donors (Lipinski definition) is 0. The summed E-state index contributed by atoms with van der Waals surface area (Å²) >= 11 is 0. The molecule has 4 heteroatoms. The van der Waals surface area contributed by atoms with Crippen LogP contribution in [0.3, 0.4) is 0 Å². The molecular formula is C15H20O4. The van der Waals surface area contributed by atoms with Crippen LogP contribution in [0.5, 0.6) is 0 Å². The normalized spacial score (nSPS) is 27.0. The Kier molecular flexibility index (Phi) is 4.91. The minimum Gasteiger partial charge on any atom is -0.463 e. The first kappa shape index (κ1) is 14.0. The van der Waals surface area contributed by atoms with Gasteiger partial charge in [-0.25, -0.2) is 0 Å². The lowest BCUT2D eigenvalue weighted by molar-refractivity contribution is -0.150. The molecule has 2 aliphatic rings. The molecule has 0 N–H and O–H groups in total. The van der Waals surface area contributed by atoms with Gasteiger partial charge in [-0.15, -0.1) is 0 Å². The highest BCUT2D eigenvalue weighted by Gasteiger charge is 2.26. The lowest BCUT2D eigenvalue weighted by Crippen LogP contribution is -2.36. The molecule has 0 bridgehead atoms. The van der Waals surface area contributed by atoms with Gasteiger partial charge < -0.3 is 9.47 Å². The summed E-state index contributed by atoms with van der Waals surface area (Å²) in [5, 5.41) is 0. The van der Waals surface area contributed by atoms with Crippen LogP contribution in [0.2, 0.25) is 0 Å². The Hall–Kier alpha value is -1.42. The Balaban J connectivity index is 1.88. The van der Waals surface area contributed by atoms with Crippen molar-refractivity contribution in [2.24, 2.45) is 0 Å². The maximum absolute atomic E-state index is 11.6. The number of carbonyl (C=O) groups is 2. The van der Waals surface area contributed by atoms with Crippen molar-refractivity contribution in [1.82, 2.24) is 0 Å². The second kappa shape index (κ2) is 6.66. The van der Waals surface area contributed by atoms with Gasteiger partial charge in [0.1, 0.15) is 6.61 Å². The van der Waals surface area contributed by atoms with Crippen molar-refractivity contribution in [3.05, 3.63) is 23.8 Å². The third-order valence-electron chi connectivity index (χ3n) is 3.42. The van der Waals surface area contributed by atoms with E-state index < -0.39 is 12.1 Å². The molecule has 0 spiro atoms. The Morgan fingerprint density at radius 2 is 2.32 bits per heavy atom. The van der Waals surface area contributed by atoms with E-state index in [1.54, 1.807) is 6.08 Å². The highest BCUT2D eigenvalue weighted by molar-refractivity contribution is 5.94. The molecule has 0 radical (unpaired) electrons. The van der Waals surface area contributed by atoms with E-state index >= 15 is 0 Å². The summed E-state index contributed by atoms with van der Waals surface area (Å²) in [6, 6.07) is 0. The predicted molar refractivity (Wildman–Crippen MR) is 70.6 cm³/mol. The third-order valence-corrected chi connectivity index (χ3v) is 3.42. The standard InChI is InChI=1S/C15H20O4/c1-11(16)18-10-15-14(17)8-7-13(19-15)9-12-5-3-2-4-6-12/h5,7-8,13,15H,2-4,6,9-10H2,1H3/t13-,15+/m0/s1. The Morgan fingerprint density at radius 1 is 1.47 bits per heavy atom. The first-order valence-electron chi connectivity index (χ1n) is 6.84. The van der Waals surface area contributed by atoms with Crippen LogP contribution >= 0.6 is 0 Å². The van der Waals surface area contributed by atoms with Gasteiger partial charge in [0.25, 0.3) is 0 Å². The fourth-order valence-electron chi connectivity index (χ4n) is 2.41. The molecular weight excluding hydrogens is 244 g/mol. The van der Waals surface area contributed by atoms with Crippen molar-refractivity contribution in [2.45, 2.75) is 51.2 Å². The molecule has 104 valence electrons. The predicted octanol–water partition coefficient (Wildman–Crippen LogP) is 2.33. The van der Waals surface area contributed by atoms with Crippen molar-refractivity contribution in [3.63, 3.8) is 0 Å². The van der Waals surface area contributed by atoms with Gasteiger partial charge in [0.15, 0.2) is 11.9 Å². The second-order valence-corrected chi connectivity index (χ2v) is 5.04. The maximum atomic E-state index is 11.6. The molecule has 1 heterocycles. The number of ketones is 1. The van der Waals surface area contributed by atoms with E-state index in [1.165, 1.54) is 25.3 Å². The van der Waals surface area contributed by atoms with Crippen LogP contribution in [-0.2, 0) is 19.1 Å². The second-order valence-electron chi connectivity index (χ2n) is 5.04. The molecule has 19 heavy (non-hydrogen) atoms. The zero-order chi connectivity index (χ0) is 13.7. The molecule has 0 fully saturated rings. The molecule has 0 aromatic carbocycles. The topological polar surface area (TPSA) is 52.6 Å². The summed E-state index contributed by atoms with van der Waals surface area (Å²) in [7, 11) is 0. The summed E-state index contributed by atoms with van der Waals surface area (Å²) < 4.78 is 10.6. The molecule has 2 rings (SSSR count). The van der Waals surface area contributed by atoms with Crippen LogP contribution in [0.1, 0.15) is 39.0 Å². The number of carbonyl (C=O) groups excluding carboxylic acids is 2. The molecule has 2 atom stereocenters. The van der Waals surface area contributed by atoms with Crippen LogP contribution in [0.4, 0.5) is 0 Å². The van der Waals surface area contributed by atoms with Gasteiger partial charge in [0, 0.05) is 6.92 Å². The molecule has 0 saturated carbocycles. The van der Waals surface area contributed by atoms with E-state index in [0.29, 0.717) is 0 Å². The average molecular weight is 264 g/mol. The first-order chi connectivity index (χ1) is 9.15. The molecule has 0 aromatic heterocycles. The molecule has 0 amide bonds. The number of rotatable bonds is 4. The zero-order valence-electron chi connectivity index (χ0n) is 11.3. The number of allylic oxidation sites excluding steroid dienone is 1. The van der Waals surface area contributed by atoms with Gasteiger partial charge in [-0.3, -0.25) is 9.59 Å². The summed E-state index contributed by atoms with van der Waals surface area (Å²) in [5.74, 6) is -0.521. The highest BCUT2D eigenvalue weighted by Crippen LogP contribution is 2.24. The lowest BCUT2D eigenvalue weighted by Gasteiger charge is -2.26. The summed E-state index contributed by atoms with van der Waals surface area (Å²) in [6.45, 7) is 1.33. The molecule has 1 aliphatic heterocycles. The highest BCUT2D eigenvalue weighted by atomic mass is 16.6. The van der Waals surface area contributed by atoms with Crippen molar-refractivity contribution < 1.29 is 19.1 Å². The Morgan fingerprint density at radius 3 is 3.00 bits per heavy atom. The van der Waals surface area contributed by atoms with Crippen molar-refractivity contribution in [1.29, 1.82) is 0 Å². The van der Waals surface area contributed by atoms with Gasteiger partial charge in [-0.1, -0.05) is 17.7 Å². The first-order valence-corrected chi connectivity index (χ1v) is 6.84. The van der Waals surface area contributed by atoms with E-state index in [2.05, 4.69) is 6.08 Å². The molecule has 0 unspecified atom stereocenters. The maximum Gasteiger partial charge on any atom is 0.302 e. The Labute approximate surface area is 113 Å². The lowest BCUT2D eigenvalue weighted by atomic mass is 9.94. The SMILES string of the molecule is CC(=O)OC[C@H]1O[C@H](CC2=CCCCC2)C=CC1=O. The van der Waals surface area contributed by atoms with Gasteiger partial charge in [0.2, 0.25) is 0 Å². The molecule has 0 saturated heterocycles. The number of ether oxygens (including phenoxy) is 2. The fourth-order valence-corrected chi connectivity index (χ4v) is 2.41. The minimum atomic E-state index is -0.650. The van der Waals surface area contributed by atoms with Crippen LogP contribution in [-0.4, -0.2) is 30.6 Å². The molecule has 0 aromatic rings. The van der Waals surface area contributed by atoms with Crippen LogP contribution in [0.25, 0.3) is 0 Å². The van der Waals surface area contributed by atoms with E-state index in [4.69, 9.17) is 9.47 Å². The van der Waals surface area contributed by atoms with Gasteiger partial charge in [-0.05, 0) is 38.2 Å². The third kappa shape index (κ3) is 4.31. The zero-order valence-corrected chi connectivity index (χ0v) is 11.3. The van der Waals surface area contributed by atoms with E-state index in [1.807, 2.05) is 6.08 Å².